The minimum atomic E-state index is -0.760. The lowest BCUT2D eigenvalue weighted by Gasteiger charge is -2.24. The van der Waals surface area contributed by atoms with Crippen LogP contribution in [0.3, 0.4) is 0 Å². The molecule has 0 radical (unpaired) electrons. The highest BCUT2D eigenvalue weighted by Crippen LogP contribution is 2.05. The second-order valence-corrected chi connectivity index (χ2v) is 3.27. The van der Waals surface area contributed by atoms with Crippen LogP contribution in [0.25, 0.3) is 0 Å². The van der Waals surface area contributed by atoms with Crippen molar-refractivity contribution in [1.82, 2.24) is 5.06 Å². The van der Waals surface area contributed by atoms with Gasteiger partial charge in [0.2, 0.25) is 6.41 Å². The van der Waals surface area contributed by atoms with Gasteiger partial charge in [-0.15, -0.1) is 12.4 Å². The van der Waals surface area contributed by atoms with E-state index in [1.54, 1.807) is 0 Å². The summed E-state index contributed by atoms with van der Waals surface area (Å²) in [5.41, 5.74) is 5.36. The van der Waals surface area contributed by atoms with E-state index in [1.165, 1.54) is 7.11 Å². The lowest BCUT2D eigenvalue weighted by molar-refractivity contribution is -0.198. The number of nitrogens with two attached hydrogens (primary N) is 1. The minimum absolute atomic E-state index is 0. The van der Waals surface area contributed by atoms with Crippen LogP contribution in [0.4, 0.5) is 0 Å². The van der Waals surface area contributed by atoms with E-state index in [-0.39, 0.29) is 19.0 Å². The quantitative estimate of drug-likeness (QED) is 0.285. The number of methoxy groups -OCH3 is 1. The Morgan fingerprint density at radius 1 is 1.53 bits per heavy atom. The Balaban J connectivity index is 0. The van der Waals surface area contributed by atoms with Gasteiger partial charge in [0.1, 0.15) is 0 Å². The van der Waals surface area contributed by atoms with Gasteiger partial charge in [-0.3, -0.25) is 9.63 Å². The molecule has 1 atom stereocenters. The third-order valence-corrected chi connectivity index (χ3v) is 2.06. The summed E-state index contributed by atoms with van der Waals surface area (Å²) in [5.74, 6) is -0.519. The van der Waals surface area contributed by atoms with Crippen LogP contribution in [-0.2, 0) is 19.2 Å². The van der Waals surface area contributed by atoms with Crippen LogP contribution in [-0.4, -0.2) is 43.7 Å². The number of carbonyl (C=O) groups is 2. The molecule has 0 aromatic carbocycles. The molecule has 17 heavy (non-hydrogen) atoms. The molecule has 6 nitrogen and oxygen atoms in total. The summed E-state index contributed by atoms with van der Waals surface area (Å²) in [5, 5.41) is 0.981. The number of amides is 1. The first kappa shape index (κ1) is 18.5. The van der Waals surface area contributed by atoms with E-state index in [0.717, 1.165) is 17.9 Å². The zero-order chi connectivity index (χ0) is 12.4. The largest absolute Gasteiger partial charge is 0.467 e. The number of hydrogen-bond acceptors (Lipinski definition) is 5. The van der Waals surface area contributed by atoms with Gasteiger partial charge in [-0.1, -0.05) is 13.3 Å². The van der Waals surface area contributed by atoms with Crippen molar-refractivity contribution in [1.29, 1.82) is 0 Å². The molecule has 0 saturated heterocycles. The smallest absolute Gasteiger partial charge is 0.331 e. The Bertz CT molecular complexity index is 216. The summed E-state index contributed by atoms with van der Waals surface area (Å²) < 4.78 is 4.58. The van der Waals surface area contributed by atoms with Crippen LogP contribution < -0.4 is 5.73 Å². The molecule has 0 saturated carbocycles. The molecule has 0 aliphatic heterocycles. The monoisotopic (exact) mass is 268 g/mol. The molecule has 0 unspecified atom stereocenters. The highest BCUT2D eigenvalue weighted by Gasteiger charge is 2.26. The highest BCUT2D eigenvalue weighted by molar-refractivity contribution is 5.85. The first-order valence-corrected chi connectivity index (χ1v) is 5.35. The number of hydroxylamine groups is 2. The Morgan fingerprint density at radius 3 is 2.59 bits per heavy atom. The maximum absolute atomic E-state index is 11.4. The highest BCUT2D eigenvalue weighted by atomic mass is 35.5. The van der Waals surface area contributed by atoms with Crippen molar-refractivity contribution in [2.75, 3.05) is 20.3 Å². The maximum Gasteiger partial charge on any atom is 0.331 e. The number of halogens is 1. The second-order valence-electron chi connectivity index (χ2n) is 3.27. The molecule has 102 valence electrons. The average molecular weight is 269 g/mol. The number of nitrogens with zero attached hydrogens (tertiary/aromatic N) is 1. The van der Waals surface area contributed by atoms with Gasteiger partial charge in [-0.2, -0.15) is 0 Å². The third kappa shape index (κ3) is 7.14. The van der Waals surface area contributed by atoms with Crippen molar-refractivity contribution in [3.05, 3.63) is 0 Å². The summed E-state index contributed by atoms with van der Waals surface area (Å²) in [6.45, 7) is 2.68. The number of unbranched alkanes of at least 4 members (excludes halogenated alkanes) is 1. The van der Waals surface area contributed by atoms with Gasteiger partial charge in [-0.05, 0) is 19.4 Å². The van der Waals surface area contributed by atoms with Crippen LogP contribution in [0.1, 0.15) is 26.2 Å². The zero-order valence-electron chi connectivity index (χ0n) is 10.3. The molecule has 0 fully saturated rings. The molecule has 0 aliphatic rings. The Morgan fingerprint density at radius 2 is 2.18 bits per heavy atom. The summed E-state index contributed by atoms with van der Waals surface area (Å²) >= 11 is 0. The molecule has 0 aromatic rings. The van der Waals surface area contributed by atoms with Crippen LogP contribution in [0.5, 0.6) is 0 Å². The van der Waals surface area contributed by atoms with Gasteiger partial charge in [-0.25, -0.2) is 9.86 Å². The van der Waals surface area contributed by atoms with E-state index in [1.807, 2.05) is 6.92 Å². The molecular formula is C10H21ClN2O4. The van der Waals surface area contributed by atoms with E-state index < -0.39 is 12.0 Å². The van der Waals surface area contributed by atoms with E-state index >= 15 is 0 Å². The normalized spacial score (nSPS) is 11.2. The first-order chi connectivity index (χ1) is 7.71. The fourth-order valence-corrected chi connectivity index (χ4v) is 1.15. The van der Waals surface area contributed by atoms with Gasteiger partial charge in [0.25, 0.3) is 0 Å². The van der Waals surface area contributed by atoms with Gasteiger partial charge in [0, 0.05) is 0 Å². The Labute approximate surface area is 108 Å². The van der Waals surface area contributed by atoms with E-state index in [2.05, 4.69) is 4.74 Å². The molecule has 0 bridgehead atoms. The van der Waals surface area contributed by atoms with Crippen LogP contribution in [0.15, 0.2) is 0 Å². The zero-order valence-corrected chi connectivity index (χ0v) is 11.1. The number of ether oxygens (including phenoxy) is 1. The Hall–Kier alpha value is -0.850. The van der Waals surface area contributed by atoms with Gasteiger partial charge >= 0.3 is 5.97 Å². The summed E-state index contributed by atoms with van der Waals surface area (Å²) in [4.78, 5) is 27.3. The third-order valence-electron chi connectivity index (χ3n) is 2.06. The molecule has 0 heterocycles. The van der Waals surface area contributed by atoms with Crippen LogP contribution >= 0.6 is 12.4 Å². The van der Waals surface area contributed by atoms with E-state index in [9.17, 15) is 9.59 Å². The fraction of sp³-hybridized carbons (Fsp3) is 0.800. The molecule has 7 heteroatoms. The molecule has 1 amide bonds. The van der Waals surface area contributed by atoms with Crippen molar-refractivity contribution < 1.29 is 19.2 Å². The van der Waals surface area contributed by atoms with E-state index in [0.29, 0.717) is 19.4 Å². The molecule has 0 aromatic heterocycles. The lowest BCUT2D eigenvalue weighted by atomic mass is 10.2. The Kier molecular flexibility index (Phi) is 12.7. The molecular weight excluding hydrogens is 248 g/mol. The molecule has 0 spiro atoms. The molecule has 2 N–H and O–H groups in total. The number of hydrogen-bond donors (Lipinski definition) is 1. The first-order valence-electron chi connectivity index (χ1n) is 5.35. The number of carbonyl (C=O) groups excluding carboxylic acids is 2. The van der Waals surface area contributed by atoms with Crippen molar-refractivity contribution in [2.45, 2.75) is 32.2 Å². The van der Waals surface area contributed by atoms with Crippen molar-refractivity contribution in [3.63, 3.8) is 0 Å². The SMILES string of the molecule is CCCCON(C=O)[C@H](CCN)C(=O)OC.Cl. The minimum Gasteiger partial charge on any atom is -0.467 e. The predicted octanol–water partition coefficient (Wildman–Crippen LogP) is 0.489. The summed E-state index contributed by atoms with van der Waals surface area (Å²) in [6, 6.07) is -0.760. The van der Waals surface area contributed by atoms with Crippen LogP contribution in [0.2, 0.25) is 0 Å². The van der Waals surface area contributed by atoms with E-state index in [4.69, 9.17) is 10.6 Å². The molecule has 0 rings (SSSR count). The van der Waals surface area contributed by atoms with Crippen molar-refractivity contribution in [2.24, 2.45) is 5.73 Å². The predicted molar refractivity (Wildman–Crippen MR) is 65.5 cm³/mol. The fourth-order valence-electron chi connectivity index (χ4n) is 1.15. The summed E-state index contributed by atoms with van der Waals surface area (Å²) in [6.07, 6.45) is 2.57. The van der Waals surface area contributed by atoms with Gasteiger partial charge in [0.05, 0.1) is 13.7 Å². The second kappa shape index (κ2) is 11.6. The maximum atomic E-state index is 11.4. The summed E-state index contributed by atoms with van der Waals surface area (Å²) in [7, 11) is 1.26. The molecule has 0 aliphatic carbocycles. The van der Waals surface area contributed by atoms with Crippen molar-refractivity contribution >= 4 is 24.8 Å². The topological polar surface area (TPSA) is 81.9 Å². The lowest BCUT2D eigenvalue weighted by Crippen LogP contribution is -2.42. The average Bonchev–Trinajstić information content (AvgIpc) is 2.31. The van der Waals surface area contributed by atoms with Crippen LogP contribution in [0, 0.1) is 0 Å². The van der Waals surface area contributed by atoms with Crippen molar-refractivity contribution in [3.8, 4) is 0 Å². The van der Waals surface area contributed by atoms with Gasteiger partial charge < -0.3 is 10.5 Å². The number of esters is 1. The number of rotatable bonds is 9. The van der Waals surface area contributed by atoms with Gasteiger partial charge in [0.15, 0.2) is 6.04 Å². The standard InChI is InChI=1S/C10H20N2O4.ClH/c1-3-4-7-16-12(8-13)9(5-6-11)10(14)15-2;/h8-9H,3-7,11H2,1-2H3;1H/t9-;/m1./s1.